The fourth-order valence-electron chi connectivity index (χ4n) is 2.64. The minimum absolute atomic E-state index is 0. The maximum Gasteiger partial charge on any atom is 0.274 e. The summed E-state index contributed by atoms with van der Waals surface area (Å²) in [5.74, 6) is 0.507. The van der Waals surface area contributed by atoms with E-state index >= 15 is 0 Å². The quantitative estimate of drug-likeness (QED) is 0.722. The number of ether oxygens (including phenoxy) is 1. The van der Waals surface area contributed by atoms with Crippen molar-refractivity contribution in [3.05, 3.63) is 18.1 Å². The van der Waals surface area contributed by atoms with Crippen molar-refractivity contribution in [1.82, 2.24) is 20.2 Å². The molecule has 2 saturated heterocycles. The second-order valence-corrected chi connectivity index (χ2v) is 5.47. The van der Waals surface area contributed by atoms with Crippen molar-refractivity contribution in [3.8, 4) is 0 Å². The lowest BCUT2D eigenvalue weighted by Crippen LogP contribution is -2.41. The lowest BCUT2D eigenvalue weighted by molar-refractivity contribution is 0.0299. The molecule has 3 heterocycles. The molecule has 0 aliphatic carbocycles. The summed E-state index contributed by atoms with van der Waals surface area (Å²) in [6, 6.07) is 0. The highest BCUT2D eigenvalue weighted by Crippen LogP contribution is 2.13. The summed E-state index contributed by atoms with van der Waals surface area (Å²) in [6.45, 7) is 4.81. The standard InChI is InChI=1S/C14H21N5O3.ClH/c20-11-7-15-1-2-19(10-11)13-9-16-8-12(17-13)14(21)18-3-5-22-6-4-18;/h8-9,11,15,20H,1-7,10H2;1H. The zero-order chi connectivity index (χ0) is 15.4. The van der Waals surface area contributed by atoms with Crippen LogP contribution in [0.5, 0.6) is 0 Å². The molecule has 1 unspecified atom stereocenters. The number of amides is 1. The van der Waals surface area contributed by atoms with Crippen LogP contribution in [0.3, 0.4) is 0 Å². The van der Waals surface area contributed by atoms with Crippen molar-refractivity contribution in [1.29, 1.82) is 0 Å². The highest BCUT2D eigenvalue weighted by atomic mass is 35.5. The molecule has 3 rings (SSSR count). The van der Waals surface area contributed by atoms with Crippen LogP contribution in [0.15, 0.2) is 12.4 Å². The number of anilines is 1. The Kier molecular flexibility index (Phi) is 6.52. The van der Waals surface area contributed by atoms with Crippen LogP contribution in [0.25, 0.3) is 0 Å². The highest BCUT2D eigenvalue weighted by molar-refractivity contribution is 5.92. The number of aromatic nitrogens is 2. The molecule has 0 saturated carbocycles. The summed E-state index contributed by atoms with van der Waals surface area (Å²) >= 11 is 0. The second kappa shape index (κ2) is 8.39. The van der Waals surface area contributed by atoms with E-state index < -0.39 is 6.10 Å². The molecule has 0 radical (unpaired) electrons. The highest BCUT2D eigenvalue weighted by Gasteiger charge is 2.22. The van der Waals surface area contributed by atoms with Crippen molar-refractivity contribution in [2.45, 2.75) is 6.10 Å². The van der Waals surface area contributed by atoms with E-state index in [4.69, 9.17) is 4.74 Å². The van der Waals surface area contributed by atoms with Crippen molar-refractivity contribution < 1.29 is 14.6 Å². The van der Waals surface area contributed by atoms with E-state index in [2.05, 4.69) is 15.3 Å². The van der Waals surface area contributed by atoms with Crippen LogP contribution in [0.1, 0.15) is 10.5 Å². The average molecular weight is 344 g/mol. The van der Waals surface area contributed by atoms with Crippen molar-refractivity contribution in [3.63, 3.8) is 0 Å². The summed E-state index contributed by atoms with van der Waals surface area (Å²) in [4.78, 5) is 24.7. The van der Waals surface area contributed by atoms with Gasteiger partial charge in [0.2, 0.25) is 0 Å². The topological polar surface area (TPSA) is 90.8 Å². The smallest absolute Gasteiger partial charge is 0.274 e. The third-order valence-corrected chi connectivity index (χ3v) is 3.83. The Morgan fingerprint density at radius 3 is 2.87 bits per heavy atom. The first-order chi connectivity index (χ1) is 10.7. The molecule has 0 aromatic carbocycles. The average Bonchev–Trinajstić information content (AvgIpc) is 2.80. The van der Waals surface area contributed by atoms with E-state index in [-0.39, 0.29) is 18.3 Å². The predicted octanol–water partition coefficient (Wildman–Crippen LogP) is -0.859. The van der Waals surface area contributed by atoms with E-state index in [1.807, 2.05) is 4.90 Å². The van der Waals surface area contributed by atoms with Gasteiger partial charge in [-0.15, -0.1) is 12.4 Å². The fraction of sp³-hybridized carbons (Fsp3) is 0.643. The Labute approximate surface area is 141 Å². The Morgan fingerprint density at radius 2 is 2.09 bits per heavy atom. The minimum Gasteiger partial charge on any atom is -0.390 e. The number of rotatable bonds is 2. The van der Waals surface area contributed by atoms with Crippen molar-refractivity contribution in [2.24, 2.45) is 0 Å². The molecule has 2 N–H and O–H groups in total. The number of morpholine rings is 1. The van der Waals surface area contributed by atoms with Gasteiger partial charge in [-0.1, -0.05) is 0 Å². The Bertz CT molecular complexity index is 527. The zero-order valence-electron chi connectivity index (χ0n) is 12.8. The van der Waals surface area contributed by atoms with Crippen molar-refractivity contribution >= 4 is 24.1 Å². The van der Waals surface area contributed by atoms with Gasteiger partial charge in [0.25, 0.3) is 5.91 Å². The molecule has 0 spiro atoms. The number of aliphatic hydroxyl groups is 1. The first-order valence-electron chi connectivity index (χ1n) is 7.57. The van der Waals surface area contributed by atoms with Crippen LogP contribution in [-0.2, 0) is 4.74 Å². The van der Waals surface area contributed by atoms with Gasteiger partial charge >= 0.3 is 0 Å². The summed E-state index contributed by atoms with van der Waals surface area (Å²) in [7, 11) is 0. The fourth-order valence-corrected chi connectivity index (χ4v) is 2.64. The predicted molar refractivity (Wildman–Crippen MR) is 87.1 cm³/mol. The third-order valence-electron chi connectivity index (χ3n) is 3.83. The number of hydrogen-bond acceptors (Lipinski definition) is 7. The summed E-state index contributed by atoms with van der Waals surface area (Å²) < 4.78 is 5.26. The number of nitrogens with one attached hydrogen (secondary N) is 1. The first kappa shape index (κ1) is 17.9. The van der Waals surface area contributed by atoms with E-state index in [1.54, 1.807) is 11.1 Å². The molecule has 1 aromatic rings. The second-order valence-electron chi connectivity index (χ2n) is 5.47. The molecule has 1 atom stereocenters. The summed E-state index contributed by atoms with van der Waals surface area (Å²) in [6.07, 6.45) is 2.67. The third kappa shape index (κ3) is 4.51. The van der Waals surface area contributed by atoms with E-state index in [0.29, 0.717) is 50.9 Å². The normalized spacial score (nSPS) is 22.2. The van der Waals surface area contributed by atoms with Gasteiger partial charge in [-0.3, -0.25) is 9.78 Å². The van der Waals surface area contributed by atoms with Crippen LogP contribution in [0.4, 0.5) is 5.82 Å². The summed E-state index contributed by atoms with van der Waals surface area (Å²) in [5.41, 5.74) is 0.339. The van der Waals surface area contributed by atoms with Gasteiger partial charge in [0.1, 0.15) is 11.5 Å². The van der Waals surface area contributed by atoms with Crippen LogP contribution < -0.4 is 10.2 Å². The van der Waals surface area contributed by atoms with Crippen LogP contribution in [-0.4, -0.2) is 84.5 Å². The van der Waals surface area contributed by atoms with Gasteiger partial charge in [0.15, 0.2) is 0 Å². The maximum absolute atomic E-state index is 12.5. The monoisotopic (exact) mass is 343 g/mol. The first-order valence-corrected chi connectivity index (χ1v) is 7.57. The molecule has 0 bridgehead atoms. The number of carbonyl (C=O) groups is 1. The molecule has 2 aliphatic heterocycles. The molecular weight excluding hydrogens is 322 g/mol. The maximum atomic E-state index is 12.5. The van der Waals surface area contributed by atoms with Gasteiger partial charge in [-0.05, 0) is 0 Å². The molecular formula is C14H22ClN5O3. The SMILES string of the molecule is Cl.O=C(c1cncc(N2CCNCC(O)C2)n1)N1CCOCC1. The Balaban J connectivity index is 0.00000192. The Hall–Kier alpha value is -1.48. The van der Waals surface area contributed by atoms with E-state index in [1.165, 1.54) is 6.20 Å². The molecule has 9 heteroatoms. The number of halogens is 1. The van der Waals surface area contributed by atoms with E-state index in [0.717, 1.165) is 13.1 Å². The number of aliphatic hydroxyl groups excluding tert-OH is 1. The van der Waals surface area contributed by atoms with Gasteiger partial charge in [-0.2, -0.15) is 0 Å². The Morgan fingerprint density at radius 1 is 1.30 bits per heavy atom. The van der Waals surface area contributed by atoms with Crippen LogP contribution in [0.2, 0.25) is 0 Å². The molecule has 2 aliphatic rings. The molecule has 128 valence electrons. The number of β-amino-alcohol motifs (C(OH)–C–C–N with tert-alkyl or cyclic N) is 1. The zero-order valence-corrected chi connectivity index (χ0v) is 13.7. The minimum atomic E-state index is -0.456. The van der Waals surface area contributed by atoms with Crippen LogP contribution in [0, 0.1) is 0 Å². The lowest BCUT2D eigenvalue weighted by Gasteiger charge is -2.27. The number of nitrogens with zero attached hydrogens (tertiary/aromatic N) is 4. The molecule has 8 nitrogen and oxygen atoms in total. The van der Waals surface area contributed by atoms with Gasteiger partial charge < -0.3 is 25.0 Å². The molecule has 23 heavy (non-hydrogen) atoms. The van der Waals surface area contributed by atoms with Gasteiger partial charge in [0.05, 0.1) is 31.7 Å². The van der Waals surface area contributed by atoms with Crippen molar-refractivity contribution in [2.75, 3.05) is 57.4 Å². The molecule has 2 fully saturated rings. The van der Waals surface area contributed by atoms with E-state index in [9.17, 15) is 9.90 Å². The molecule has 1 amide bonds. The van der Waals surface area contributed by atoms with Gasteiger partial charge in [-0.25, -0.2) is 4.98 Å². The van der Waals surface area contributed by atoms with Gasteiger partial charge in [0, 0.05) is 39.3 Å². The van der Waals surface area contributed by atoms with Crippen LogP contribution >= 0.6 is 12.4 Å². The number of hydrogen-bond donors (Lipinski definition) is 2. The summed E-state index contributed by atoms with van der Waals surface area (Å²) in [5, 5.41) is 13.0. The number of carbonyl (C=O) groups excluding carboxylic acids is 1. The molecule has 1 aromatic heterocycles. The largest absolute Gasteiger partial charge is 0.390 e. The lowest BCUT2D eigenvalue weighted by atomic mass is 10.3.